The minimum atomic E-state index is 0.0455. The van der Waals surface area contributed by atoms with Crippen LogP contribution < -0.4 is 5.32 Å². The number of rotatable bonds is 7. The van der Waals surface area contributed by atoms with Crippen LogP contribution in [0.25, 0.3) is 0 Å². The first-order chi connectivity index (χ1) is 12.1. The van der Waals surface area contributed by atoms with Crippen molar-refractivity contribution < 1.29 is 9.53 Å². The first-order valence-corrected chi connectivity index (χ1v) is 9.82. The number of benzene rings is 1. The molecule has 2 heterocycles. The summed E-state index contributed by atoms with van der Waals surface area (Å²) in [6, 6.07) is 8.63. The molecule has 136 valence electrons. The van der Waals surface area contributed by atoms with Crippen LogP contribution in [0.4, 0.5) is 0 Å². The highest BCUT2D eigenvalue weighted by atomic mass is 16.5. The standard InChI is InChI=1S/C21H30N2O2/c1-16-4-2-3-5-18(16)13-23-14-21(15-23)19(9-11-25-21)8-10-22-20(24)12-17-6-7-17/h2-5,17,19H,6-15H2,1H3,(H,22,24)/t19-/m1/s1. The lowest BCUT2D eigenvalue weighted by molar-refractivity contribution is -0.137. The summed E-state index contributed by atoms with van der Waals surface area (Å²) in [5.41, 5.74) is 2.83. The number of nitrogens with one attached hydrogen (secondary N) is 1. The molecule has 4 rings (SSSR count). The second-order valence-electron chi connectivity index (χ2n) is 8.26. The van der Waals surface area contributed by atoms with Crippen LogP contribution in [0.3, 0.4) is 0 Å². The highest BCUT2D eigenvalue weighted by Crippen LogP contribution is 2.42. The van der Waals surface area contributed by atoms with Crippen LogP contribution in [0.15, 0.2) is 24.3 Å². The number of ether oxygens (including phenoxy) is 1. The molecule has 1 amide bonds. The minimum absolute atomic E-state index is 0.0455. The average molecular weight is 342 g/mol. The molecule has 25 heavy (non-hydrogen) atoms. The molecular weight excluding hydrogens is 312 g/mol. The maximum absolute atomic E-state index is 11.8. The van der Waals surface area contributed by atoms with Crippen molar-refractivity contribution in [3.63, 3.8) is 0 Å². The van der Waals surface area contributed by atoms with Gasteiger partial charge in [-0.2, -0.15) is 0 Å². The monoisotopic (exact) mass is 342 g/mol. The molecule has 2 aliphatic heterocycles. The molecule has 0 bridgehead atoms. The second kappa shape index (κ2) is 7.08. The molecule has 1 atom stereocenters. The highest BCUT2D eigenvalue weighted by molar-refractivity contribution is 5.76. The van der Waals surface area contributed by atoms with Crippen molar-refractivity contribution in [1.82, 2.24) is 10.2 Å². The van der Waals surface area contributed by atoms with Crippen molar-refractivity contribution >= 4 is 5.91 Å². The van der Waals surface area contributed by atoms with Crippen LogP contribution in [0, 0.1) is 18.8 Å². The average Bonchev–Trinajstić information content (AvgIpc) is 3.27. The predicted octanol–water partition coefficient (Wildman–Crippen LogP) is 2.89. The zero-order chi connectivity index (χ0) is 17.3. The van der Waals surface area contributed by atoms with Gasteiger partial charge >= 0.3 is 0 Å². The van der Waals surface area contributed by atoms with E-state index in [2.05, 4.69) is 41.4 Å². The van der Waals surface area contributed by atoms with E-state index in [-0.39, 0.29) is 11.5 Å². The highest BCUT2D eigenvalue weighted by Gasteiger charge is 2.52. The molecule has 2 saturated heterocycles. The fourth-order valence-corrected chi connectivity index (χ4v) is 4.44. The van der Waals surface area contributed by atoms with E-state index in [9.17, 15) is 4.79 Å². The quantitative estimate of drug-likeness (QED) is 0.828. The third kappa shape index (κ3) is 3.90. The zero-order valence-electron chi connectivity index (χ0n) is 15.3. The van der Waals surface area contributed by atoms with E-state index in [1.165, 1.54) is 24.0 Å². The maximum Gasteiger partial charge on any atom is 0.220 e. The van der Waals surface area contributed by atoms with Crippen molar-refractivity contribution in [3.8, 4) is 0 Å². The van der Waals surface area contributed by atoms with Crippen LogP contribution >= 0.6 is 0 Å². The molecule has 1 spiro atoms. The van der Waals surface area contributed by atoms with Crippen molar-refractivity contribution in [1.29, 1.82) is 0 Å². The van der Waals surface area contributed by atoms with Crippen LogP contribution in [0.2, 0.25) is 0 Å². The fraction of sp³-hybridized carbons (Fsp3) is 0.667. The lowest BCUT2D eigenvalue weighted by Crippen LogP contribution is -2.64. The summed E-state index contributed by atoms with van der Waals surface area (Å²) in [5.74, 6) is 1.50. The van der Waals surface area contributed by atoms with E-state index in [1.807, 2.05) is 0 Å². The Labute approximate surface area is 150 Å². The number of nitrogens with zero attached hydrogens (tertiary/aromatic N) is 1. The van der Waals surface area contributed by atoms with Gasteiger partial charge in [-0.1, -0.05) is 24.3 Å². The van der Waals surface area contributed by atoms with Gasteiger partial charge in [-0.15, -0.1) is 0 Å². The van der Waals surface area contributed by atoms with Gasteiger partial charge in [-0.05, 0) is 55.6 Å². The zero-order valence-corrected chi connectivity index (χ0v) is 15.3. The molecule has 0 radical (unpaired) electrons. The molecule has 1 saturated carbocycles. The summed E-state index contributed by atoms with van der Waals surface area (Å²) in [4.78, 5) is 14.3. The smallest absolute Gasteiger partial charge is 0.220 e. The third-order valence-corrected chi connectivity index (χ3v) is 6.22. The van der Waals surface area contributed by atoms with Gasteiger partial charge in [-0.25, -0.2) is 0 Å². The molecule has 1 aliphatic carbocycles. The largest absolute Gasteiger partial charge is 0.372 e. The summed E-state index contributed by atoms with van der Waals surface area (Å²) in [6.07, 6.45) is 5.40. The normalized spacial score (nSPS) is 25.1. The molecule has 4 nitrogen and oxygen atoms in total. The summed E-state index contributed by atoms with van der Waals surface area (Å²) >= 11 is 0. The summed E-state index contributed by atoms with van der Waals surface area (Å²) in [6.45, 7) is 6.94. The van der Waals surface area contributed by atoms with E-state index in [4.69, 9.17) is 4.74 Å². The van der Waals surface area contributed by atoms with Gasteiger partial charge in [-0.3, -0.25) is 9.69 Å². The SMILES string of the molecule is Cc1ccccc1CN1CC2(C1)OCC[C@H]2CCNC(=O)CC1CC1. The van der Waals surface area contributed by atoms with Crippen LogP contribution in [-0.4, -0.2) is 42.6 Å². The van der Waals surface area contributed by atoms with Gasteiger partial charge in [0, 0.05) is 39.2 Å². The lowest BCUT2D eigenvalue weighted by atomic mass is 9.78. The van der Waals surface area contributed by atoms with Crippen LogP contribution in [0.5, 0.6) is 0 Å². The van der Waals surface area contributed by atoms with Crippen LogP contribution in [0.1, 0.15) is 43.2 Å². The molecule has 1 aromatic carbocycles. The Morgan fingerprint density at radius 2 is 2.08 bits per heavy atom. The Morgan fingerprint density at radius 3 is 2.84 bits per heavy atom. The van der Waals surface area contributed by atoms with Gasteiger partial charge < -0.3 is 10.1 Å². The van der Waals surface area contributed by atoms with E-state index >= 15 is 0 Å². The Kier molecular flexibility index (Phi) is 4.83. The number of amides is 1. The van der Waals surface area contributed by atoms with E-state index in [0.29, 0.717) is 11.8 Å². The van der Waals surface area contributed by atoms with Crippen molar-refractivity contribution in [3.05, 3.63) is 35.4 Å². The fourth-order valence-electron chi connectivity index (χ4n) is 4.44. The number of likely N-dealkylation sites (tertiary alicyclic amines) is 1. The molecule has 0 aromatic heterocycles. The van der Waals surface area contributed by atoms with Gasteiger partial charge in [0.25, 0.3) is 0 Å². The first kappa shape index (κ1) is 17.0. The Hall–Kier alpha value is -1.39. The van der Waals surface area contributed by atoms with Crippen molar-refractivity contribution in [2.75, 3.05) is 26.2 Å². The van der Waals surface area contributed by atoms with Gasteiger partial charge in [0.05, 0.1) is 5.60 Å². The Bertz CT molecular complexity index is 620. The molecule has 3 aliphatic rings. The molecule has 4 heteroatoms. The minimum Gasteiger partial charge on any atom is -0.372 e. The number of aryl methyl sites for hydroxylation is 1. The lowest BCUT2D eigenvalue weighted by Gasteiger charge is -2.50. The maximum atomic E-state index is 11.8. The molecule has 1 aromatic rings. The van der Waals surface area contributed by atoms with E-state index in [0.717, 1.165) is 52.0 Å². The predicted molar refractivity (Wildman–Crippen MR) is 98.2 cm³/mol. The Morgan fingerprint density at radius 1 is 1.28 bits per heavy atom. The van der Waals surface area contributed by atoms with Crippen molar-refractivity contribution in [2.45, 2.75) is 51.2 Å². The third-order valence-electron chi connectivity index (χ3n) is 6.22. The Balaban J connectivity index is 1.23. The molecule has 1 N–H and O–H groups in total. The summed E-state index contributed by atoms with van der Waals surface area (Å²) in [5, 5.41) is 3.12. The molecule has 3 fully saturated rings. The summed E-state index contributed by atoms with van der Waals surface area (Å²) < 4.78 is 6.16. The second-order valence-corrected chi connectivity index (χ2v) is 8.26. The topological polar surface area (TPSA) is 41.6 Å². The number of hydrogen-bond donors (Lipinski definition) is 1. The number of carbonyl (C=O) groups excluding carboxylic acids is 1. The van der Waals surface area contributed by atoms with Gasteiger partial charge in [0.1, 0.15) is 0 Å². The number of hydrogen-bond acceptors (Lipinski definition) is 3. The van der Waals surface area contributed by atoms with Crippen molar-refractivity contribution in [2.24, 2.45) is 11.8 Å². The molecule has 0 unspecified atom stereocenters. The molecular formula is C21H30N2O2. The summed E-state index contributed by atoms with van der Waals surface area (Å²) in [7, 11) is 0. The first-order valence-electron chi connectivity index (χ1n) is 9.82. The number of carbonyl (C=O) groups is 1. The van der Waals surface area contributed by atoms with Gasteiger partial charge in [0.2, 0.25) is 5.91 Å². The van der Waals surface area contributed by atoms with Gasteiger partial charge in [0.15, 0.2) is 0 Å². The van der Waals surface area contributed by atoms with Crippen LogP contribution in [-0.2, 0) is 16.1 Å². The van der Waals surface area contributed by atoms with E-state index < -0.39 is 0 Å². The van der Waals surface area contributed by atoms with E-state index in [1.54, 1.807) is 0 Å².